The summed E-state index contributed by atoms with van der Waals surface area (Å²) in [6, 6.07) is 18.8. The Hall–Kier alpha value is -2.85. The van der Waals surface area contributed by atoms with Crippen molar-refractivity contribution in [3.63, 3.8) is 0 Å². The Bertz CT molecular complexity index is 1170. The fourth-order valence-electron chi connectivity index (χ4n) is 3.09. The molecule has 3 aromatic heterocycles. The first kappa shape index (κ1) is 12.7. The highest BCUT2D eigenvalue weighted by atomic mass is 32.1. The van der Waals surface area contributed by atoms with Gasteiger partial charge in [-0.1, -0.05) is 36.4 Å². The van der Waals surface area contributed by atoms with E-state index in [9.17, 15) is 0 Å². The molecule has 0 unspecified atom stereocenters. The normalized spacial score (nSPS) is 11.5. The zero-order chi connectivity index (χ0) is 15.2. The van der Waals surface area contributed by atoms with E-state index in [1.807, 2.05) is 18.3 Å². The number of nitrogens with zero attached hydrogens (tertiary/aromatic N) is 3. The second kappa shape index (κ2) is 4.83. The van der Waals surface area contributed by atoms with E-state index in [0.29, 0.717) is 0 Å². The molecule has 5 rings (SSSR count). The molecule has 0 aliphatic rings. The van der Waals surface area contributed by atoms with E-state index < -0.39 is 0 Å². The van der Waals surface area contributed by atoms with Crippen LogP contribution in [0.4, 0.5) is 0 Å². The van der Waals surface area contributed by atoms with E-state index in [0.717, 1.165) is 32.2 Å². The summed E-state index contributed by atoms with van der Waals surface area (Å²) >= 11 is 1.75. The first-order valence-corrected chi connectivity index (χ1v) is 8.20. The van der Waals surface area contributed by atoms with Crippen molar-refractivity contribution in [1.29, 1.82) is 0 Å². The highest BCUT2D eigenvalue weighted by molar-refractivity contribution is 7.25. The molecule has 3 heterocycles. The molecule has 4 heteroatoms. The summed E-state index contributed by atoms with van der Waals surface area (Å²) in [7, 11) is 0. The van der Waals surface area contributed by atoms with Crippen molar-refractivity contribution < 1.29 is 0 Å². The molecule has 0 aliphatic heterocycles. The van der Waals surface area contributed by atoms with Crippen molar-refractivity contribution in [2.24, 2.45) is 0 Å². The molecule has 0 bridgehead atoms. The molecular formula is C19H11N3S. The van der Waals surface area contributed by atoms with Crippen LogP contribution >= 0.6 is 11.3 Å². The first-order valence-electron chi connectivity index (χ1n) is 7.39. The van der Waals surface area contributed by atoms with Crippen LogP contribution in [0, 0.1) is 0 Å². The summed E-state index contributed by atoms with van der Waals surface area (Å²) in [6.07, 6.45) is 3.62. The molecular weight excluding hydrogens is 302 g/mol. The van der Waals surface area contributed by atoms with Crippen molar-refractivity contribution in [3.8, 4) is 11.3 Å². The topological polar surface area (TPSA) is 38.7 Å². The third kappa shape index (κ3) is 1.85. The maximum absolute atomic E-state index is 4.67. The molecule has 0 N–H and O–H groups in total. The van der Waals surface area contributed by atoms with Gasteiger partial charge in [0.15, 0.2) is 0 Å². The van der Waals surface area contributed by atoms with Crippen molar-refractivity contribution >= 4 is 42.4 Å². The minimum Gasteiger partial charge on any atom is -0.256 e. The van der Waals surface area contributed by atoms with Crippen LogP contribution in [0.3, 0.4) is 0 Å². The Morgan fingerprint density at radius 3 is 2.74 bits per heavy atom. The number of hydrogen-bond acceptors (Lipinski definition) is 4. The predicted octanol–water partition coefficient (Wildman–Crippen LogP) is 5.06. The van der Waals surface area contributed by atoms with Crippen LogP contribution in [-0.4, -0.2) is 15.2 Å². The Balaban J connectivity index is 1.96. The monoisotopic (exact) mass is 313 g/mol. The van der Waals surface area contributed by atoms with Crippen molar-refractivity contribution in [2.45, 2.75) is 0 Å². The van der Waals surface area contributed by atoms with E-state index in [4.69, 9.17) is 0 Å². The molecule has 23 heavy (non-hydrogen) atoms. The zero-order valence-corrected chi connectivity index (χ0v) is 12.9. The van der Waals surface area contributed by atoms with E-state index >= 15 is 0 Å². The molecule has 3 nitrogen and oxygen atoms in total. The minimum absolute atomic E-state index is 0.956. The van der Waals surface area contributed by atoms with Gasteiger partial charge < -0.3 is 0 Å². The highest BCUT2D eigenvalue weighted by Crippen LogP contribution is 2.39. The van der Waals surface area contributed by atoms with Crippen LogP contribution in [0.1, 0.15) is 0 Å². The Labute approximate surface area is 136 Å². The van der Waals surface area contributed by atoms with E-state index in [1.54, 1.807) is 17.5 Å². The molecule has 108 valence electrons. The van der Waals surface area contributed by atoms with Gasteiger partial charge in [-0.05, 0) is 23.6 Å². The molecule has 2 aromatic carbocycles. The van der Waals surface area contributed by atoms with Crippen LogP contribution in [0.15, 0.2) is 67.0 Å². The lowest BCUT2D eigenvalue weighted by atomic mass is 10.0. The lowest BCUT2D eigenvalue weighted by Crippen LogP contribution is -1.87. The van der Waals surface area contributed by atoms with Gasteiger partial charge in [0.05, 0.1) is 16.6 Å². The number of pyridine rings is 1. The second-order valence-electron chi connectivity index (χ2n) is 5.41. The van der Waals surface area contributed by atoms with Gasteiger partial charge in [0, 0.05) is 27.2 Å². The number of aromatic nitrogens is 3. The fraction of sp³-hybridized carbons (Fsp3) is 0. The summed E-state index contributed by atoms with van der Waals surface area (Å²) in [4.78, 5) is 4.67. The molecule has 0 atom stereocenters. The van der Waals surface area contributed by atoms with Gasteiger partial charge in [-0.2, -0.15) is 5.10 Å². The average molecular weight is 313 g/mol. The second-order valence-corrected chi connectivity index (χ2v) is 6.49. The molecule has 0 amide bonds. The third-order valence-corrected chi connectivity index (χ3v) is 5.20. The minimum atomic E-state index is 0.956. The molecule has 0 saturated heterocycles. The maximum Gasteiger partial charge on any atom is 0.112 e. The van der Waals surface area contributed by atoms with Crippen molar-refractivity contribution in [1.82, 2.24) is 15.2 Å². The summed E-state index contributed by atoms with van der Waals surface area (Å²) < 4.78 is 2.37. The van der Waals surface area contributed by atoms with Crippen molar-refractivity contribution in [3.05, 3.63) is 67.0 Å². The highest BCUT2D eigenvalue weighted by Gasteiger charge is 2.14. The summed E-state index contributed by atoms with van der Waals surface area (Å²) in [5, 5.41) is 11.9. The lowest BCUT2D eigenvalue weighted by molar-refractivity contribution is 1.08. The van der Waals surface area contributed by atoms with Gasteiger partial charge in [-0.25, -0.2) is 0 Å². The zero-order valence-electron chi connectivity index (χ0n) is 12.1. The third-order valence-electron chi connectivity index (χ3n) is 4.10. The molecule has 0 saturated carbocycles. The smallest absolute Gasteiger partial charge is 0.112 e. The van der Waals surface area contributed by atoms with Crippen LogP contribution in [-0.2, 0) is 0 Å². The summed E-state index contributed by atoms with van der Waals surface area (Å²) in [5.41, 5.74) is 3.07. The quantitative estimate of drug-likeness (QED) is 0.434. The first-order chi connectivity index (χ1) is 11.4. The van der Waals surface area contributed by atoms with Gasteiger partial charge in [0.2, 0.25) is 0 Å². The van der Waals surface area contributed by atoms with Crippen LogP contribution in [0.5, 0.6) is 0 Å². The number of benzene rings is 2. The van der Waals surface area contributed by atoms with Crippen molar-refractivity contribution in [2.75, 3.05) is 0 Å². The van der Waals surface area contributed by atoms with Crippen LogP contribution < -0.4 is 0 Å². The van der Waals surface area contributed by atoms with Gasteiger partial charge in [-0.3, -0.25) is 4.98 Å². The Morgan fingerprint density at radius 2 is 1.74 bits per heavy atom. The average Bonchev–Trinajstić information content (AvgIpc) is 3.00. The maximum atomic E-state index is 4.67. The number of hydrogen-bond donors (Lipinski definition) is 0. The summed E-state index contributed by atoms with van der Waals surface area (Å²) in [5.74, 6) is 0. The fourth-order valence-corrected chi connectivity index (χ4v) is 4.15. The lowest BCUT2D eigenvalue weighted by Gasteiger charge is -2.07. The molecule has 5 aromatic rings. The van der Waals surface area contributed by atoms with E-state index in [2.05, 4.69) is 57.6 Å². The Kier molecular flexibility index (Phi) is 2.66. The summed E-state index contributed by atoms with van der Waals surface area (Å²) in [6.45, 7) is 0. The molecule has 0 fully saturated rings. The number of fused-ring (bicyclic) bond motifs is 4. The van der Waals surface area contributed by atoms with Crippen LogP contribution in [0.2, 0.25) is 0 Å². The number of thiophene rings is 1. The molecule has 0 spiro atoms. The molecule has 0 aliphatic carbocycles. The van der Waals surface area contributed by atoms with Gasteiger partial charge >= 0.3 is 0 Å². The van der Waals surface area contributed by atoms with Gasteiger partial charge in [0.1, 0.15) is 5.52 Å². The largest absolute Gasteiger partial charge is 0.256 e. The van der Waals surface area contributed by atoms with E-state index in [1.165, 1.54) is 10.1 Å². The molecule has 0 radical (unpaired) electrons. The van der Waals surface area contributed by atoms with Gasteiger partial charge in [-0.15, -0.1) is 16.4 Å². The number of rotatable bonds is 1. The Morgan fingerprint density at radius 1 is 0.783 bits per heavy atom. The standard InChI is InChI=1S/C19H11N3S/c1-2-5-13-12(4-1)8-10-20-18(13)14-6-3-7-15-17(14)19-16(23-15)9-11-21-22-19/h1-11H. The van der Waals surface area contributed by atoms with Crippen LogP contribution in [0.25, 0.3) is 42.3 Å². The van der Waals surface area contributed by atoms with E-state index in [-0.39, 0.29) is 0 Å². The SMILES string of the molecule is c1ccc2c(-c3cccc4sc5ccnnc5c34)nccc2c1. The van der Waals surface area contributed by atoms with Gasteiger partial charge in [0.25, 0.3) is 0 Å². The predicted molar refractivity (Wildman–Crippen MR) is 95.7 cm³/mol.